The van der Waals surface area contributed by atoms with Gasteiger partial charge in [-0.05, 0) is 56.1 Å². The van der Waals surface area contributed by atoms with Gasteiger partial charge in [0.1, 0.15) is 0 Å². The van der Waals surface area contributed by atoms with Crippen LogP contribution < -0.4 is 0 Å². The molecule has 2 atom stereocenters. The highest BCUT2D eigenvalue weighted by Gasteiger charge is 2.37. The Labute approximate surface area is 148 Å². The fourth-order valence-corrected chi connectivity index (χ4v) is 3.70. The van der Waals surface area contributed by atoms with Crippen LogP contribution in [0.15, 0.2) is 0 Å². The summed E-state index contributed by atoms with van der Waals surface area (Å²) in [4.78, 5) is 0. The Balaban J connectivity index is 2.95. The predicted molar refractivity (Wildman–Crippen MR) is 105 cm³/mol. The minimum absolute atomic E-state index is 0.586. The monoisotopic (exact) mass is 316 g/mol. The molecule has 0 aromatic rings. The van der Waals surface area contributed by atoms with Crippen LogP contribution in [0.4, 0.5) is 0 Å². The maximum Gasteiger partial charge on any atom is 0.290 e. The van der Waals surface area contributed by atoms with Gasteiger partial charge in [-0.15, -0.1) is 0 Å². The van der Waals surface area contributed by atoms with Gasteiger partial charge in [-0.1, -0.05) is 54.9 Å². The van der Waals surface area contributed by atoms with Crippen LogP contribution in [0.25, 0.3) is 0 Å². The van der Waals surface area contributed by atoms with Crippen LogP contribution in [-0.4, -0.2) is 54.9 Å². The second kappa shape index (κ2) is 10.8. The van der Waals surface area contributed by atoms with E-state index in [0.717, 1.165) is 0 Å². The SMILES string of the molecule is CCC(C)C(CC)N1[B]N(C(CC)CC)[B]N(C(CC)CC)[B]1. The Bertz CT molecular complexity index is 291. The summed E-state index contributed by atoms with van der Waals surface area (Å²) in [6.45, 7) is 16.2. The highest BCUT2D eigenvalue weighted by Crippen LogP contribution is 2.22. The molecule has 0 N–H and O–H groups in total. The fourth-order valence-electron chi connectivity index (χ4n) is 3.70. The van der Waals surface area contributed by atoms with Crippen molar-refractivity contribution in [3.63, 3.8) is 0 Å². The second-order valence-electron chi connectivity index (χ2n) is 6.99. The molecule has 129 valence electrons. The van der Waals surface area contributed by atoms with E-state index in [1.807, 2.05) is 0 Å². The standard InChI is InChI=1S/C17H37B3N3/c1-8-14(7)17(13-6)23-19-21(15(9-2)10-3)18-22(20-23)16(11-4)12-5/h14-17H,8-13H2,1-7H3. The van der Waals surface area contributed by atoms with Gasteiger partial charge in [0.25, 0.3) is 22.6 Å². The van der Waals surface area contributed by atoms with Crippen LogP contribution >= 0.6 is 0 Å². The normalized spacial score (nSPS) is 20.2. The van der Waals surface area contributed by atoms with Gasteiger partial charge in [0.2, 0.25) is 0 Å². The van der Waals surface area contributed by atoms with Gasteiger partial charge in [-0.25, -0.2) is 0 Å². The van der Waals surface area contributed by atoms with Crippen LogP contribution in [0, 0.1) is 5.92 Å². The van der Waals surface area contributed by atoms with Gasteiger partial charge in [0.15, 0.2) is 0 Å². The summed E-state index contributed by atoms with van der Waals surface area (Å²) >= 11 is 0. The second-order valence-corrected chi connectivity index (χ2v) is 6.99. The number of nitrogens with zero attached hydrogens (tertiary/aromatic N) is 3. The molecule has 1 saturated heterocycles. The van der Waals surface area contributed by atoms with Crippen LogP contribution in [-0.2, 0) is 0 Å². The van der Waals surface area contributed by atoms with Crippen molar-refractivity contribution in [2.45, 2.75) is 105 Å². The van der Waals surface area contributed by atoms with Crippen molar-refractivity contribution >= 4 is 22.6 Å². The first-order valence-corrected chi connectivity index (χ1v) is 9.93. The smallest absolute Gasteiger partial charge is 0.290 e. The highest BCUT2D eigenvalue weighted by molar-refractivity contribution is 6.65. The third-order valence-electron chi connectivity index (χ3n) is 5.63. The van der Waals surface area contributed by atoms with E-state index >= 15 is 0 Å². The Kier molecular flexibility index (Phi) is 9.95. The molecule has 0 amide bonds. The molecule has 1 rings (SSSR count). The zero-order valence-electron chi connectivity index (χ0n) is 16.6. The molecule has 0 aromatic carbocycles. The minimum Gasteiger partial charge on any atom is -0.362 e. The summed E-state index contributed by atoms with van der Waals surface area (Å²) in [5, 5.41) is 0. The Morgan fingerprint density at radius 1 is 0.565 bits per heavy atom. The van der Waals surface area contributed by atoms with Crippen LogP contribution in [0.2, 0.25) is 0 Å². The van der Waals surface area contributed by atoms with E-state index in [2.05, 4.69) is 85.3 Å². The molecule has 6 heteroatoms. The molecule has 0 saturated carbocycles. The molecular formula is C17H37B3N3. The Hall–Kier alpha value is 0.0748. The van der Waals surface area contributed by atoms with Crippen molar-refractivity contribution in [2.75, 3.05) is 0 Å². The zero-order chi connectivity index (χ0) is 17.4. The average molecular weight is 316 g/mol. The lowest BCUT2D eigenvalue weighted by molar-refractivity contribution is 0.271. The molecule has 0 aliphatic carbocycles. The minimum atomic E-state index is 0.586. The van der Waals surface area contributed by atoms with Gasteiger partial charge in [-0.2, -0.15) is 0 Å². The first kappa shape index (κ1) is 21.1. The van der Waals surface area contributed by atoms with Crippen molar-refractivity contribution in [1.29, 1.82) is 0 Å². The fraction of sp³-hybridized carbons (Fsp3) is 1.00. The van der Waals surface area contributed by atoms with Gasteiger partial charge in [0, 0.05) is 0 Å². The zero-order valence-corrected chi connectivity index (χ0v) is 16.6. The molecule has 1 fully saturated rings. The molecule has 0 spiro atoms. The molecule has 1 aliphatic rings. The molecule has 23 heavy (non-hydrogen) atoms. The lowest BCUT2D eigenvalue weighted by atomic mass is 9.67. The molecule has 3 nitrogen and oxygen atoms in total. The van der Waals surface area contributed by atoms with Gasteiger partial charge in [-0.3, -0.25) is 0 Å². The number of hydrogen-bond donors (Lipinski definition) is 0. The topological polar surface area (TPSA) is 9.72 Å². The Morgan fingerprint density at radius 3 is 1.26 bits per heavy atom. The predicted octanol–water partition coefficient (Wildman–Crippen LogP) is 3.71. The first-order chi connectivity index (χ1) is 11.1. The lowest BCUT2D eigenvalue weighted by Gasteiger charge is -2.49. The number of hydrogen-bond acceptors (Lipinski definition) is 3. The molecule has 0 bridgehead atoms. The van der Waals surface area contributed by atoms with Crippen molar-refractivity contribution in [3.05, 3.63) is 0 Å². The lowest BCUT2D eigenvalue weighted by Crippen LogP contribution is -2.68. The third kappa shape index (κ3) is 5.54. The van der Waals surface area contributed by atoms with E-state index in [1.165, 1.54) is 38.5 Å². The molecule has 2 unspecified atom stereocenters. The van der Waals surface area contributed by atoms with E-state index in [0.29, 0.717) is 24.0 Å². The van der Waals surface area contributed by atoms with E-state index in [9.17, 15) is 0 Å². The number of rotatable bonds is 10. The highest BCUT2D eigenvalue weighted by atomic mass is 15.3. The van der Waals surface area contributed by atoms with Gasteiger partial charge >= 0.3 is 0 Å². The largest absolute Gasteiger partial charge is 0.362 e. The van der Waals surface area contributed by atoms with Gasteiger partial charge < -0.3 is 14.2 Å². The maximum atomic E-state index is 2.49. The molecule has 1 aliphatic heterocycles. The quantitative estimate of drug-likeness (QED) is 0.569. The van der Waals surface area contributed by atoms with E-state index in [-0.39, 0.29) is 0 Å². The summed E-state index contributed by atoms with van der Waals surface area (Å²) in [6, 6.07) is 1.78. The third-order valence-corrected chi connectivity index (χ3v) is 5.63. The van der Waals surface area contributed by atoms with E-state index in [4.69, 9.17) is 0 Å². The van der Waals surface area contributed by atoms with Gasteiger partial charge in [0.05, 0.1) is 0 Å². The van der Waals surface area contributed by atoms with Crippen LogP contribution in [0.5, 0.6) is 0 Å². The van der Waals surface area contributed by atoms with Crippen molar-refractivity contribution in [2.24, 2.45) is 5.92 Å². The maximum absolute atomic E-state index is 2.49. The summed E-state index contributed by atoms with van der Waals surface area (Å²) < 4.78 is 7.41. The molecule has 0 aromatic heterocycles. The summed E-state index contributed by atoms with van der Waals surface area (Å²) in [7, 11) is 7.06. The van der Waals surface area contributed by atoms with Crippen LogP contribution in [0.1, 0.15) is 87.0 Å². The summed E-state index contributed by atoms with van der Waals surface area (Å²) in [5.41, 5.74) is 0. The summed E-state index contributed by atoms with van der Waals surface area (Å²) in [6.07, 6.45) is 7.18. The molecule has 3 radical (unpaired) electrons. The van der Waals surface area contributed by atoms with Crippen LogP contribution in [0.3, 0.4) is 0 Å². The van der Waals surface area contributed by atoms with Crippen molar-refractivity contribution < 1.29 is 0 Å². The molecular weight excluding hydrogens is 279 g/mol. The average Bonchev–Trinajstić information content (AvgIpc) is 2.57. The van der Waals surface area contributed by atoms with Crippen molar-refractivity contribution in [3.8, 4) is 0 Å². The Morgan fingerprint density at radius 2 is 0.957 bits per heavy atom. The van der Waals surface area contributed by atoms with E-state index < -0.39 is 0 Å². The van der Waals surface area contributed by atoms with E-state index in [1.54, 1.807) is 0 Å². The summed E-state index contributed by atoms with van der Waals surface area (Å²) in [5.74, 6) is 0.706. The first-order valence-electron chi connectivity index (χ1n) is 9.93. The molecule has 1 heterocycles. The van der Waals surface area contributed by atoms with Crippen molar-refractivity contribution in [1.82, 2.24) is 14.2 Å².